The summed E-state index contributed by atoms with van der Waals surface area (Å²) in [5, 5.41) is 5.83. The summed E-state index contributed by atoms with van der Waals surface area (Å²) in [4.78, 5) is 23.0. The average Bonchev–Trinajstić information content (AvgIpc) is 2.40. The third-order valence-electron chi connectivity index (χ3n) is 2.63. The summed E-state index contributed by atoms with van der Waals surface area (Å²) >= 11 is 0. The summed E-state index contributed by atoms with van der Waals surface area (Å²) in [6.07, 6.45) is 0.986. The number of carbonyl (C=O) groups is 2. The summed E-state index contributed by atoms with van der Waals surface area (Å²) in [6, 6.07) is 5.04. The normalized spacial score (nSPS) is 10.1. The Kier molecular flexibility index (Phi) is 6.02. The molecule has 0 bridgehead atoms. The van der Waals surface area contributed by atoms with E-state index in [-0.39, 0.29) is 18.4 Å². The maximum atomic E-state index is 11.6. The van der Waals surface area contributed by atoms with Gasteiger partial charge in [-0.2, -0.15) is 0 Å². The van der Waals surface area contributed by atoms with Crippen LogP contribution in [0.25, 0.3) is 0 Å². The molecular formula is C14H20N2O3. The van der Waals surface area contributed by atoms with Crippen LogP contribution in [0, 0.1) is 6.92 Å². The van der Waals surface area contributed by atoms with Crippen molar-refractivity contribution in [3.8, 4) is 0 Å². The highest BCUT2D eigenvalue weighted by Gasteiger charge is 2.09. The van der Waals surface area contributed by atoms with Crippen LogP contribution >= 0.6 is 0 Å². The molecule has 1 aromatic carbocycles. The Morgan fingerprint density at radius 1 is 1.32 bits per heavy atom. The van der Waals surface area contributed by atoms with Gasteiger partial charge < -0.3 is 15.4 Å². The summed E-state index contributed by atoms with van der Waals surface area (Å²) in [5.74, 6) is -0.479. The molecule has 0 radical (unpaired) electrons. The number of amides is 1. The van der Waals surface area contributed by atoms with Gasteiger partial charge >= 0.3 is 5.97 Å². The molecule has 5 heteroatoms. The number of esters is 1. The maximum absolute atomic E-state index is 11.6. The van der Waals surface area contributed by atoms with Gasteiger partial charge in [0.25, 0.3) is 0 Å². The minimum atomic E-state index is -0.384. The Bertz CT molecular complexity index is 458. The summed E-state index contributed by atoms with van der Waals surface area (Å²) in [6.45, 7) is 4.97. The van der Waals surface area contributed by atoms with Crippen LogP contribution < -0.4 is 10.6 Å². The molecule has 104 valence electrons. The molecule has 0 aromatic heterocycles. The SMILES string of the molecule is CCCNCC(=O)Nc1ccc(C(=O)OC)cc1C. The second kappa shape index (κ2) is 7.53. The van der Waals surface area contributed by atoms with E-state index in [2.05, 4.69) is 15.4 Å². The van der Waals surface area contributed by atoms with Crippen molar-refractivity contribution in [1.29, 1.82) is 0 Å². The van der Waals surface area contributed by atoms with Gasteiger partial charge in [-0.1, -0.05) is 6.92 Å². The second-order valence-corrected chi connectivity index (χ2v) is 4.25. The van der Waals surface area contributed by atoms with E-state index in [0.29, 0.717) is 11.3 Å². The minimum Gasteiger partial charge on any atom is -0.465 e. The van der Waals surface area contributed by atoms with Crippen molar-refractivity contribution in [2.45, 2.75) is 20.3 Å². The quantitative estimate of drug-likeness (QED) is 0.606. The smallest absolute Gasteiger partial charge is 0.337 e. The summed E-state index contributed by atoms with van der Waals surface area (Å²) < 4.78 is 4.64. The standard InChI is InChI=1S/C14H20N2O3/c1-4-7-15-9-13(17)16-12-6-5-11(8-10(12)2)14(18)19-3/h5-6,8,15H,4,7,9H2,1-3H3,(H,16,17). The average molecular weight is 264 g/mol. The van der Waals surface area contributed by atoms with Crippen molar-refractivity contribution >= 4 is 17.6 Å². The summed E-state index contributed by atoms with van der Waals surface area (Å²) in [7, 11) is 1.34. The van der Waals surface area contributed by atoms with Crippen LogP contribution in [0.5, 0.6) is 0 Å². The van der Waals surface area contributed by atoms with E-state index < -0.39 is 0 Å². The second-order valence-electron chi connectivity index (χ2n) is 4.25. The van der Waals surface area contributed by atoms with Crippen LogP contribution in [0.2, 0.25) is 0 Å². The number of methoxy groups -OCH3 is 1. The Labute approximate surface area is 113 Å². The lowest BCUT2D eigenvalue weighted by molar-refractivity contribution is -0.115. The maximum Gasteiger partial charge on any atom is 0.337 e. The van der Waals surface area contributed by atoms with Crippen LogP contribution in [0.3, 0.4) is 0 Å². The van der Waals surface area contributed by atoms with E-state index in [4.69, 9.17) is 0 Å². The molecule has 0 atom stereocenters. The number of hydrogen-bond donors (Lipinski definition) is 2. The van der Waals surface area contributed by atoms with Crippen molar-refractivity contribution in [3.05, 3.63) is 29.3 Å². The Morgan fingerprint density at radius 3 is 2.63 bits per heavy atom. The lowest BCUT2D eigenvalue weighted by Gasteiger charge is -2.10. The molecule has 1 rings (SSSR count). The molecule has 0 aliphatic rings. The first-order chi connectivity index (χ1) is 9.08. The monoisotopic (exact) mass is 264 g/mol. The van der Waals surface area contributed by atoms with Gasteiger partial charge in [-0.05, 0) is 43.7 Å². The summed E-state index contributed by atoms with van der Waals surface area (Å²) in [5.41, 5.74) is 2.00. The van der Waals surface area contributed by atoms with Crippen LogP contribution in [-0.4, -0.2) is 32.1 Å². The van der Waals surface area contributed by atoms with Crippen LogP contribution in [0.1, 0.15) is 29.3 Å². The minimum absolute atomic E-state index is 0.0950. The molecule has 0 unspecified atom stereocenters. The molecule has 2 N–H and O–H groups in total. The van der Waals surface area contributed by atoms with Gasteiger partial charge in [0.15, 0.2) is 0 Å². The molecule has 0 saturated carbocycles. The molecular weight excluding hydrogens is 244 g/mol. The Hall–Kier alpha value is -1.88. The molecule has 1 amide bonds. The lowest BCUT2D eigenvalue weighted by atomic mass is 10.1. The number of aryl methyl sites for hydroxylation is 1. The van der Waals surface area contributed by atoms with Gasteiger partial charge in [0, 0.05) is 5.69 Å². The van der Waals surface area contributed by atoms with Gasteiger partial charge in [0.1, 0.15) is 0 Å². The predicted octanol–water partition coefficient (Wildman–Crippen LogP) is 1.72. The number of ether oxygens (including phenoxy) is 1. The number of carbonyl (C=O) groups excluding carboxylic acids is 2. The molecule has 0 spiro atoms. The zero-order valence-electron chi connectivity index (χ0n) is 11.6. The molecule has 1 aromatic rings. The number of anilines is 1. The Balaban J connectivity index is 2.64. The van der Waals surface area contributed by atoms with Crippen molar-refractivity contribution in [2.75, 3.05) is 25.5 Å². The van der Waals surface area contributed by atoms with Crippen LogP contribution in [0.15, 0.2) is 18.2 Å². The van der Waals surface area contributed by atoms with E-state index in [1.807, 2.05) is 13.8 Å². The van der Waals surface area contributed by atoms with Crippen LogP contribution in [-0.2, 0) is 9.53 Å². The number of hydrogen-bond acceptors (Lipinski definition) is 4. The lowest BCUT2D eigenvalue weighted by Crippen LogP contribution is -2.28. The van der Waals surface area contributed by atoms with E-state index in [1.165, 1.54) is 7.11 Å². The molecule has 19 heavy (non-hydrogen) atoms. The van der Waals surface area contributed by atoms with Gasteiger partial charge in [-0.3, -0.25) is 4.79 Å². The molecule has 0 fully saturated rings. The molecule has 0 aliphatic heterocycles. The van der Waals surface area contributed by atoms with Gasteiger partial charge in [-0.15, -0.1) is 0 Å². The zero-order valence-corrected chi connectivity index (χ0v) is 11.6. The fourth-order valence-corrected chi connectivity index (χ4v) is 1.62. The predicted molar refractivity (Wildman–Crippen MR) is 74.3 cm³/mol. The first kappa shape index (κ1) is 15.2. The van der Waals surface area contributed by atoms with E-state index >= 15 is 0 Å². The highest BCUT2D eigenvalue weighted by atomic mass is 16.5. The topological polar surface area (TPSA) is 67.4 Å². The van der Waals surface area contributed by atoms with Crippen LogP contribution in [0.4, 0.5) is 5.69 Å². The number of rotatable bonds is 6. The van der Waals surface area contributed by atoms with Crippen molar-refractivity contribution < 1.29 is 14.3 Å². The molecule has 5 nitrogen and oxygen atoms in total. The van der Waals surface area contributed by atoms with Crippen molar-refractivity contribution in [2.24, 2.45) is 0 Å². The number of benzene rings is 1. The molecule has 0 aliphatic carbocycles. The number of nitrogens with one attached hydrogen (secondary N) is 2. The third kappa shape index (κ3) is 4.71. The van der Waals surface area contributed by atoms with Crippen molar-refractivity contribution in [1.82, 2.24) is 5.32 Å². The highest BCUT2D eigenvalue weighted by molar-refractivity contribution is 5.94. The van der Waals surface area contributed by atoms with E-state index in [9.17, 15) is 9.59 Å². The first-order valence-electron chi connectivity index (χ1n) is 6.28. The Morgan fingerprint density at radius 2 is 2.05 bits per heavy atom. The largest absolute Gasteiger partial charge is 0.465 e. The van der Waals surface area contributed by atoms with E-state index in [1.54, 1.807) is 18.2 Å². The molecule has 0 heterocycles. The van der Waals surface area contributed by atoms with Gasteiger partial charge in [-0.25, -0.2) is 4.79 Å². The first-order valence-corrected chi connectivity index (χ1v) is 6.28. The fraction of sp³-hybridized carbons (Fsp3) is 0.429. The zero-order chi connectivity index (χ0) is 14.3. The van der Waals surface area contributed by atoms with Gasteiger partial charge in [0.05, 0.1) is 19.2 Å². The molecule has 0 saturated heterocycles. The highest BCUT2D eigenvalue weighted by Crippen LogP contribution is 2.16. The fourth-order valence-electron chi connectivity index (χ4n) is 1.62. The van der Waals surface area contributed by atoms with Crippen molar-refractivity contribution in [3.63, 3.8) is 0 Å². The third-order valence-corrected chi connectivity index (χ3v) is 2.63. The van der Waals surface area contributed by atoms with Gasteiger partial charge in [0.2, 0.25) is 5.91 Å². The van der Waals surface area contributed by atoms with E-state index in [0.717, 1.165) is 18.5 Å².